The molecule has 1 aliphatic rings. The van der Waals surface area contributed by atoms with Gasteiger partial charge in [-0.25, -0.2) is 8.42 Å². The Morgan fingerprint density at radius 1 is 1.14 bits per heavy atom. The van der Waals surface area contributed by atoms with Crippen LogP contribution in [0.5, 0.6) is 0 Å². The van der Waals surface area contributed by atoms with Crippen LogP contribution in [0.2, 0.25) is 0 Å². The van der Waals surface area contributed by atoms with E-state index in [4.69, 9.17) is 0 Å². The molecule has 1 saturated carbocycles. The Morgan fingerprint density at radius 2 is 1.75 bits per heavy atom. The van der Waals surface area contributed by atoms with Crippen molar-refractivity contribution in [3.8, 4) is 0 Å². The topological polar surface area (TPSA) is 80.5 Å². The molecule has 1 fully saturated rings. The molecule has 0 amide bonds. The Kier molecular flexibility index (Phi) is 5.20. The van der Waals surface area contributed by atoms with E-state index in [0.717, 1.165) is 36.4 Å². The van der Waals surface area contributed by atoms with Crippen LogP contribution in [-0.2, 0) is 16.2 Å². The maximum atomic E-state index is 13.1. The Morgan fingerprint density at radius 3 is 2.25 bits per heavy atom. The molecule has 10 heteroatoms. The van der Waals surface area contributed by atoms with Crippen LogP contribution in [0, 0.1) is 10.1 Å². The highest BCUT2D eigenvalue weighted by Gasteiger charge is 2.42. The van der Waals surface area contributed by atoms with Gasteiger partial charge in [0.1, 0.15) is 0 Å². The van der Waals surface area contributed by atoms with Crippen molar-refractivity contribution in [1.29, 1.82) is 0 Å². The lowest BCUT2D eigenvalue weighted by Crippen LogP contribution is -2.35. The van der Waals surface area contributed by atoms with E-state index in [1.165, 1.54) is 23.4 Å². The number of hydrogen-bond acceptors (Lipinski definition) is 4. The van der Waals surface area contributed by atoms with Gasteiger partial charge in [-0.3, -0.25) is 10.1 Å². The molecule has 3 rings (SSSR count). The molecule has 1 atom stereocenters. The minimum absolute atomic E-state index is 0.135. The molecule has 6 nitrogen and oxygen atoms in total. The second kappa shape index (κ2) is 7.17. The number of nitro groups is 1. The first-order valence-electron chi connectivity index (χ1n) is 8.47. The van der Waals surface area contributed by atoms with E-state index in [-0.39, 0.29) is 22.2 Å². The Hall–Kier alpha value is -2.46. The minimum atomic E-state index is -4.53. The number of sulfonamides is 1. The summed E-state index contributed by atoms with van der Waals surface area (Å²) < 4.78 is 66.5. The molecule has 150 valence electrons. The van der Waals surface area contributed by atoms with Crippen LogP contribution in [-0.4, -0.2) is 23.7 Å². The van der Waals surface area contributed by atoms with Crippen LogP contribution in [0.3, 0.4) is 0 Å². The summed E-state index contributed by atoms with van der Waals surface area (Å²) in [6.45, 7) is 1.54. The van der Waals surface area contributed by atoms with E-state index in [9.17, 15) is 31.7 Å². The van der Waals surface area contributed by atoms with Crippen molar-refractivity contribution < 1.29 is 26.5 Å². The van der Waals surface area contributed by atoms with Gasteiger partial charge in [-0.1, -0.05) is 12.1 Å². The number of rotatable bonds is 6. The summed E-state index contributed by atoms with van der Waals surface area (Å²) in [5.41, 5.74) is -0.865. The molecule has 0 aliphatic heterocycles. The van der Waals surface area contributed by atoms with Crippen LogP contribution >= 0.6 is 0 Å². The average Bonchev–Trinajstić information content (AvgIpc) is 3.46. The second-order valence-electron chi connectivity index (χ2n) is 6.62. The fourth-order valence-electron chi connectivity index (χ4n) is 3.03. The largest absolute Gasteiger partial charge is 0.416 e. The molecule has 0 radical (unpaired) electrons. The predicted octanol–water partition coefficient (Wildman–Crippen LogP) is 4.53. The van der Waals surface area contributed by atoms with E-state index in [0.29, 0.717) is 12.8 Å². The molecule has 1 aliphatic carbocycles. The van der Waals surface area contributed by atoms with Crippen molar-refractivity contribution in [2.75, 3.05) is 0 Å². The first-order valence-corrected chi connectivity index (χ1v) is 9.91. The highest BCUT2D eigenvalue weighted by atomic mass is 32.2. The van der Waals surface area contributed by atoms with Crippen LogP contribution in [0.25, 0.3) is 0 Å². The van der Waals surface area contributed by atoms with E-state index < -0.39 is 32.7 Å². The van der Waals surface area contributed by atoms with Gasteiger partial charge in [0.2, 0.25) is 10.0 Å². The van der Waals surface area contributed by atoms with Crippen LogP contribution < -0.4 is 0 Å². The Balaban J connectivity index is 1.98. The zero-order chi connectivity index (χ0) is 20.7. The Labute approximate surface area is 159 Å². The molecule has 0 spiro atoms. The average molecular weight is 414 g/mol. The van der Waals surface area contributed by atoms with Crippen molar-refractivity contribution in [1.82, 2.24) is 4.31 Å². The summed E-state index contributed by atoms with van der Waals surface area (Å²) in [5.74, 6) is 0. The fourth-order valence-corrected chi connectivity index (χ4v) is 4.90. The summed E-state index contributed by atoms with van der Waals surface area (Å²) in [4.78, 5) is 10.0. The molecule has 0 heterocycles. The van der Waals surface area contributed by atoms with Gasteiger partial charge < -0.3 is 0 Å². The number of hydrogen-bond donors (Lipinski definition) is 0. The number of nitrogens with zero attached hydrogens (tertiary/aromatic N) is 2. The molecule has 1 unspecified atom stereocenters. The number of halogens is 3. The van der Waals surface area contributed by atoms with E-state index in [1.54, 1.807) is 0 Å². The molecule has 0 aromatic heterocycles. The lowest BCUT2D eigenvalue weighted by atomic mass is 10.0. The van der Waals surface area contributed by atoms with Gasteiger partial charge in [0, 0.05) is 24.2 Å². The molecular weight excluding hydrogens is 397 g/mol. The van der Waals surface area contributed by atoms with Gasteiger partial charge in [0.25, 0.3) is 5.69 Å². The molecule has 0 saturated heterocycles. The lowest BCUT2D eigenvalue weighted by molar-refractivity contribution is -0.384. The zero-order valence-electron chi connectivity index (χ0n) is 14.8. The normalized spacial score (nSPS) is 16.2. The van der Waals surface area contributed by atoms with E-state index >= 15 is 0 Å². The molecule has 2 aromatic rings. The number of alkyl halides is 3. The van der Waals surface area contributed by atoms with Crippen LogP contribution in [0.1, 0.15) is 36.9 Å². The van der Waals surface area contributed by atoms with Gasteiger partial charge >= 0.3 is 6.18 Å². The highest BCUT2D eigenvalue weighted by molar-refractivity contribution is 7.89. The first-order chi connectivity index (χ1) is 13.0. The Bertz CT molecular complexity index is 987. The van der Waals surface area contributed by atoms with Crippen molar-refractivity contribution in [3.63, 3.8) is 0 Å². The minimum Gasteiger partial charge on any atom is -0.258 e. The van der Waals surface area contributed by atoms with Gasteiger partial charge in [-0.2, -0.15) is 17.5 Å². The number of non-ortho nitro benzene ring substituents is 1. The fraction of sp³-hybridized carbons (Fsp3) is 0.333. The van der Waals surface area contributed by atoms with Crippen molar-refractivity contribution in [3.05, 3.63) is 69.8 Å². The zero-order valence-corrected chi connectivity index (χ0v) is 15.6. The summed E-state index contributed by atoms with van der Waals surface area (Å²) in [7, 11) is -4.05. The first kappa shape index (κ1) is 20.3. The molecule has 0 N–H and O–H groups in total. The summed E-state index contributed by atoms with van der Waals surface area (Å²) in [6, 6.07) is 7.91. The third kappa shape index (κ3) is 4.02. The van der Waals surface area contributed by atoms with Gasteiger partial charge in [-0.05, 0) is 49.6 Å². The van der Waals surface area contributed by atoms with Gasteiger partial charge in [-0.15, -0.1) is 0 Å². The van der Waals surface area contributed by atoms with Gasteiger partial charge in [0.05, 0.1) is 15.4 Å². The third-order valence-electron chi connectivity index (χ3n) is 4.61. The molecule has 0 bridgehead atoms. The van der Waals surface area contributed by atoms with Crippen molar-refractivity contribution >= 4 is 15.7 Å². The quantitative estimate of drug-likeness (QED) is 0.514. The maximum Gasteiger partial charge on any atom is 0.416 e. The van der Waals surface area contributed by atoms with Crippen molar-refractivity contribution in [2.45, 2.75) is 42.9 Å². The maximum absolute atomic E-state index is 13.1. The standard InChI is InChI=1S/C18H17F3N2O4S/c1-12(13-3-2-4-14(11-13)18(19,20)21)22(15-5-6-15)28(26,27)17-9-7-16(8-10-17)23(24)25/h2-4,7-12,15H,5-6H2,1H3. The number of benzene rings is 2. The molecular formula is C18H17F3N2O4S. The van der Waals surface area contributed by atoms with Crippen molar-refractivity contribution in [2.24, 2.45) is 0 Å². The molecule has 28 heavy (non-hydrogen) atoms. The second-order valence-corrected chi connectivity index (χ2v) is 8.46. The van der Waals surface area contributed by atoms with Crippen LogP contribution in [0.15, 0.2) is 53.4 Å². The summed E-state index contributed by atoms with van der Waals surface area (Å²) in [5, 5.41) is 10.8. The third-order valence-corrected chi connectivity index (χ3v) is 6.65. The monoisotopic (exact) mass is 414 g/mol. The van der Waals surface area contributed by atoms with E-state index in [1.807, 2.05) is 0 Å². The lowest BCUT2D eigenvalue weighted by Gasteiger charge is -2.29. The predicted molar refractivity (Wildman–Crippen MR) is 95.0 cm³/mol. The summed E-state index contributed by atoms with van der Waals surface area (Å²) >= 11 is 0. The van der Waals surface area contributed by atoms with E-state index in [2.05, 4.69) is 0 Å². The SMILES string of the molecule is CC(c1cccc(C(F)(F)F)c1)N(C1CC1)S(=O)(=O)c1ccc([N+](=O)[O-])cc1. The van der Waals surface area contributed by atoms with Crippen LogP contribution in [0.4, 0.5) is 18.9 Å². The number of nitro benzene ring substituents is 1. The smallest absolute Gasteiger partial charge is 0.258 e. The summed E-state index contributed by atoms with van der Waals surface area (Å²) in [6.07, 6.45) is -3.32. The highest BCUT2D eigenvalue weighted by Crippen LogP contribution is 2.40. The van der Waals surface area contributed by atoms with Gasteiger partial charge in [0.15, 0.2) is 0 Å². The molecule has 2 aromatic carbocycles.